The van der Waals surface area contributed by atoms with Gasteiger partial charge in [0.05, 0.1) is 17.3 Å². The van der Waals surface area contributed by atoms with E-state index < -0.39 is 6.04 Å². The van der Waals surface area contributed by atoms with Crippen molar-refractivity contribution in [1.29, 1.82) is 0 Å². The van der Waals surface area contributed by atoms with Crippen molar-refractivity contribution >= 4 is 17.5 Å². The van der Waals surface area contributed by atoms with Gasteiger partial charge in [-0.05, 0) is 32.4 Å². The molecular weight excluding hydrogens is 266 g/mol. The molecule has 0 spiro atoms. The molecule has 0 saturated carbocycles. The molecule has 0 bridgehead atoms. The molecule has 5 nitrogen and oxygen atoms in total. The van der Waals surface area contributed by atoms with Crippen LogP contribution in [0, 0.1) is 0 Å². The average molecular weight is 291 g/mol. The maximum atomic E-state index is 12.4. The summed E-state index contributed by atoms with van der Waals surface area (Å²) in [6.45, 7) is 7.10. The maximum absolute atomic E-state index is 12.4. The summed E-state index contributed by atoms with van der Waals surface area (Å²) >= 11 is 0. The highest BCUT2D eigenvalue weighted by Crippen LogP contribution is 2.18. The van der Waals surface area contributed by atoms with Crippen molar-refractivity contribution in [3.63, 3.8) is 0 Å². The number of benzene rings is 1. The van der Waals surface area contributed by atoms with Crippen molar-refractivity contribution in [1.82, 2.24) is 4.90 Å². The Morgan fingerprint density at radius 3 is 2.38 bits per heavy atom. The number of para-hydroxylation sites is 1. The van der Waals surface area contributed by atoms with Crippen LogP contribution < -0.4 is 11.1 Å². The highest BCUT2D eigenvalue weighted by Gasteiger charge is 2.19. The Bertz CT molecular complexity index is 484. The lowest BCUT2D eigenvalue weighted by Gasteiger charge is -2.21. The quantitative estimate of drug-likeness (QED) is 0.809. The fraction of sp³-hybridized carbons (Fsp3) is 0.500. The first-order valence-electron chi connectivity index (χ1n) is 7.49. The number of nitrogens with two attached hydrogens (primary N) is 1. The van der Waals surface area contributed by atoms with E-state index >= 15 is 0 Å². The van der Waals surface area contributed by atoms with Crippen molar-refractivity contribution < 1.29 is 9.59 Å². The summed E-state index contributed by atoms with van der Waals surface area (Å²) in [5, 5.41) is 2.77. The number of anilines is 1. The van der Waals surface area contributed by atoms with Crippen molar-refractivity contribution in [2.24, 2.45) is 5.73 Å². The molecular formula is C16H25N3O2. The fourth-order valence-corrected chi connectivity index (χ4v) is 2.13. The van der Waals surface area contributed by atoms with Gasteiger partial charge in [0.2, 0.25) is 5.91 Å². The third-order valence-electron chi connectivity index (χ3n) is 3.40. The number of nitrogens with one attached hydrogen (secondary N) is 1. The molecule has 1 atom stereocenters. The monoisotopic (exact) mass is 291 g/mol. The molecule has 1 unspecified atom stereocenters. The first-order valence-corrected chi connectivity index (χ1v) is 7.49. The van der Waals surface area contributed by atoms with E-state index in [1.807, 2.05) is 20.8 Å². The molecule has 3 N–H and O–H groups in total. The molecule has 0 fully saturated rings. The van der Waals surface area contributed by atoms with Gasteiger partial charge in [0.25, 0.3) is 5.91 Å². The van der Waals surface area contributed by atoms with Gasteiger partial charge in [-0.2, -0.15) is 0 Å². The summed E-state index contributed by atoms with van der Waals surface area (Å²) in [7, 11) is 0. The number of carbonyl (C=O) groups is 2. The van der Waals surface area contributed by atoms with Gasteiger partial charge in [0.15, 0.2) is 0 Å². The van der Waals surface area contributed by atoms with Crippen LogP contribution in [0.1, 0.15) is 44.0 Å². The van der Waals surface area contributed by atoms with Crippen LogP contribution in [-0.2, 0) is 4.79 Å². The van der Waals surface area contributed by atoms with E-state index in [0.717, 1.165) is 6.42 Å². The van der Waals surface area contributed by atoms with Crippen LogP contribution in [-0.4, -0.2) is 35.8 Å². The van der Waals surface area contributed by atoms with Crippen molar-refractivity contribution in [3.8, 4) is 0 Å². The average Bonchev–Trinajstić information content (AvgIpc) is 2.49. The summed E-state index contributed by atoms with van der Waals surface area (Å²) in [6.07, 6.45) is 1.46. The van der Waals surface area contributed by atoms with Crippen LogP contribution in [0.3, 0.4) is 0 Å². The Labute approximate surface area is 126 Å². The molecule has 2 amide bonds. The number of hydrogen-bond donors (Lipinski definition) is 2. The van der Waals surface area contributed by atoms with E-state index in [1.165, 1.54) is 0 Å². The van der Waals surface area contributed by atoms with Gasteiger partial charge in [0.1, 0.15) is 0 Å². The third-order valence-corrected chi connectivity index (χ3v) is 3.40. The third kappa shape index (κ3) is 4.56. The molecule has 116 valence electrons. The minimum absolute atomic E-state index is 0.0834. The Hall–Kier alpha value is -1.88. The zero-order chi connectivity index (χ0) is 15.8. The molecule has 0 aliphatic heterocycles. The largest absolute Gasteiger partial charge is 0.339 e. The predicted octanol–water partition coefficient (Wildman–Crippen LogP) is 2.23. The first-order chi connectivity index (χ1) is 10.0. The minimum Gasteiger partial charge on any atom is -0.339 e. The Morgan fingerprint density at radius 1 is 1.19 bits per heavy atom. The predicted molar refractivity (Wildman–Crippen MR) is 85.2 cm³/mol. The summed E-state index contributed by atoms with van der Waals surface area (Å²) in [4.78, 5) is 26.2. The molecule has 0 saturated heterocycles. The van der Waals surface area contributed by atoms with Gasteiger partial charge in [-0.25, -0.2) is 0 Å². The Kier molecular flexibility index (Phi) is 6.88. The van der Waals surface area contributed by atoms with Gasteiger partial charge >= 0.3 is 0 Å². The molecule has 0 aliphatic rings. The second-order valence-electron chi connectivity index (χ2n) is 4.91. The summed E-state index contributed by atoms with van der Waals surface area (Å²) in [5.41, 5.74) is 6.82. The van der Waals surface area contributed by atoms with E-state index in [1.54, 1.807) is 29.2 Å². The van der Waals surface area contributed by atoms with Gasteiger partial charge in [-0.1, -0.05) is 25.5 Å². The van der Waals surface area contributed by atoms with Gasteiger partial charge in [0, 0.05) is 13.1 Å². The highest BCUT2D eigenvalue weighted by molar-refractivity contribution is 6.04. The SMILES string of the molecule is CCCC(N)C(=O)Nc1ccccc1C(=O)N(CC)CC. The molecule has 0 radical (unpaired) electrons. The summed E-state index contributed by atoms with van der Waals surface area (Å²) in [5.74, 6) is -0.336. The normalized spacial score (nSPS) is 11.8. The second kappa shape index (κ2) is 8.42. The van der Waals surface area contributed by atoms with Gasteiger partial charge in [-0.15, -0.1) is 0 Å². The first kappa shape index (κ1) is 17.2. The van der Waals surface area contributed by atoms with Crippen LogP contribution >= 0.6 is 0 Å². The number of amides is 2. The molecule has 5 heteroatoms. The molecule has 0 aromatic heterocycles. The Morgan fingerprint density at radius 2 is 1.81 bits per heavy atom. The number of carbonyl (C=O) groups excluding carboxylic acids is 2. The van der Waals surface area contributed by atoms with Crippen molar-refractivity contribution in [3.05, 3.63) is 29.8 Å². The highest BCUT2D eigenvalue weighted by atomic mass is 16.2. The molecule has 0 heterocycles. The van der Waals surface area contributed by atoms with E-state index in [0.29, 0.717) is 30.8 Å². The smallest absolute Gasteiger partial charge is 0.255 e. The lowest BCUT2D eigenvalue weighted by Crippen LogP contribution is -2.36. The summed E-state index contributed by atoms with van der Waals surface area (Å²) in [6, 6.07) is 6.49. The topological polar surface area (TPSA) is 75.4 Å². The number of nitrogens with zero attached hydrogens (tertiary/aromatic N) is 1. The van der Waals surface area contributed by atoms with E-state index in [4.69, 9.17) is 5.73 Å². The van der Waals surface area contributed by atoms with Crippen LogP contribution in [0.15, 0.2) is 24.3 Å². The summed E-state index contributed by atoms with van der Waals surface area (Å²) < 4.78 is 0. The fourth-order valence-electron chi connectivity index (χ4n) is 2.13. The van der Waals surface area contributed by atoms with Gasteiger partial charge < -0.3 is 16.0 Å². The van der Waals surface area contributed by atoms with Crippen LogP contribution in [0.4, 0.5) is 5.69 Å². The number of rotatable bonds is 7. The zero-order valence-corrected chi connectivity index (χ0v) is 13.1. The van der Waals surface area contributed by atoms with E-state index in [2.05, 4.69) is 5.32 Å². The second-order valence-corrected chi connectivity index (χ2v) is 4.91. The van der Waals surface area contributed by atoms with Gasteiger partial charge in [-0.3, -0.25) is 9.59 Å². The molecule has 21 heavy (non-hydrogen) atoms. The minimum atomic E-state index is -0.549. The van der Waals surface area contributed by atoms with E-state index in [9.17, 15) is 9.59 Å². The maximum Gasteiger partial charge on any atom is 0.255 e. The number of hydrogen-bond acceptors (Lipinski definition) is 3. The van der Waals surface area contributed by atoms with Crippen LogP contribution in [0.25, 0.3) is 0 Å². The lowest BCUT2D eigenvalue weighted by atomic mass is 10.1. The molecule has 0 aliphatic carbocycles. The molecule has 1 aromatic rings. The van der Waals surface area contributed by atoms with Crippen LogP contribution in [0.2, 0.25) is 0 Å². The van der Waals surface area contributed by atoms with E-state index in [-0.39, 0.29) is 11.8 Å². The van der Waals surface area contributed by atoms with Crippen molar-refractivity contribution in [2.75, 3.05) is 18.4 Å². The Balaban J connectivity index is 2.94. The molecule has 1 aromatic carbocycles. The zero-order valence-electron chi connectivity index (χ0n) is 13.1. The lowest BCUT2D eigenvalue weighted by molar-refractivity contribution is -0.117. The van der Waals surface area contributed by atoms with Crippen LogP contribution in [0.5, 0.6) is 0 Å². The standard InChI is InChI=1S/C16H25N3O2/c1-4-9-13(17)15(20)18-14-11-8-7-10-12(14)16(21)19(5-2)6-3/h7-8,10-11,13H,4-6,9,17H2,1-3H3,(H,18,20). The van der Waals surface area contributed by atoms with Crippen molar-refractivity contribution in [2.45, 2.75) is 39.7 Å². The molecule has 1 rings (SSSR count).